The highest BCUT2D eigenvalue weighted by Gasteiger charge is 2.09. The predicted molar refractivity (Wildman–Crippen MR) is 62.0 cm³/mol. The van der Waals surface area contributed by atoms with Gasteiger partial charge in [-0.15, -0.1) is 0 Å². The van der Waals surface area contributed by atoms with E-state index in [0.29, 0.717) is 16.9 Å². The molecule has 0 aliphatic carbocycles. The fourth-order valence-electron chi connectivity index (χ4n) is 1.20. The Kier molecular flexibility index (Phi) is 4.51. The van der Waals surface area contributed by atoms with Crippen LogP contribution < -0.4 is 5.32 Å². The molecular formula is C11H14BrF2N. The molecule has 84 valence electrons. The van der Waals surface area contributed by atoms with Gasteiger partial charge in [0.1, 0.15) is 17.3 Å². The summed E-state index contributed by atoms with van der Waals surface area (Å²) >= 11 is 3.03. The van der Waals surface area contributed by atoms with Crippen molar-refractivity contribution >= 4 is 21.6 Å². The smallest absolute Gasteiger partial charge is 0.150 e. The van der Waals surface area contributed by atoms with E-state index in [1.54, 1.807) is 0 Å². The molecule has 0 amide bonds. The second-order valence-corrected chi connectivity index (χ2v) is 4.77. The summed E-state index contributed by atoms with van der Waals surface area (Å²) in [4.78, 5) is 0. The van der Waals surface area contributed by atoms with Crippen molar-refractivity contribution in [3.63, 3.8) is 0 Å². The summed E-state index contributed by atoms with van der Waals surface area (Å²) in [6, 6.07) is 2.50. The fraction of sp³-hybridized carbons (Fsp3) is 0.455. The Morgan fingerprint density at radius 3 is 2.27 bits per heavy atom. The maximum Gasteiger partial charge on any atom is 0.150 e. The molecule has 0 heterocycles. The minimum Gasteiger partial charge on any atom is -0.380 e. The molecular weight excluding hydrogens is 264 g/mol. The number of nitrogens with one attached hydrogen (secondary N) is 1. The Balaban J connectivity index is 2.68. The maximum absolute atomic E-state index is 13.3. The second-order valence-electron chi connectivity index (χ2n) is 3.85. The van der Waals surface area contributed by atoms with Crippen LogP contribution in [0.2, 0.25) is 0 Å². The van der Waals surface area contributed by atoms with E-state index in [2.05, 4.69) is 35.1 Å². The number of anilines is 1. The van der Waals surface area contributed by atoms with Crippen LogP contribution in [0.25, 0.3) is 0 Å². The molecule has 15 heavy (non-hydrogen) atoms. The lowest BCUT2D eigenvalue weighted by Gasteiger charge is -2.10. The minimum absolute atomic E-state index is 0.0427. The van der Waals surface area contributed by atoms with E-state index < -0.39 is 11.6 Å². The Morgan fingerprint density at radius 1 is 1.27 bits per heavy atom. The van der Waals surface area contributed by atoms with Crippen molar-refractivity contribution in [1.82, 2.24) is 0 Å². The molecule has 1 nitrogen and oxygen atoms in total. The topological polar surface area (TPSA) is 12.0 Å². The average Bonchev–Trinajstić information content (AvgIpc) is 2.08. The zero-order valence-corrected chi connectivity index (χ0v) is 10.4. The molecule has 1 aromatic rings. The van der Waals surface area contributed by atoms with Gasteiger partial charge >= 0.3 is 0 Å². The predicted octanol–water partition coefficient (Wildman–Crippen LogP) is 4.19. The molecule has 0 aliphatic rings. The Morgan fingerprint density at radius 2 is 1.80 bits per heavy atom. The first-order valence-electron chi connectivity index (χ1n) is 4.89. The largest absolute Gasteiger partial charge is 0.380 e. The van der Waals surface area contributed by atoms with Gasteiger partial charge in [0.2, 0.25) is 0 Å². The lowest BCUT2D eigenvalue weighted by atomic mass is 10.1. The van der Waals surface area contributed by atoms with E-state index in [1.165, 1.54) is 12.1 Å². The third-order valence-corrected chi connectivity index (χ3v) is 2.49. The molecule has 0 bridgehead atoms. The van der Waals surface area contributed by atoms with Gasteiger partial charge in [-0.25, -0.2) is 8.78 Å². The summed E-state index contributed by atoms with van der Waals surface area (Å²) < 4.78 is 27.0. The van der Waals surface area contributed by atoms with Gasteiger partial charge in [0, 0.05) is 11.0 Å². The summed E-state index contributed by atoms with van der Waals surface area (Å²) in [5.41, 5.74) is -0.0427. The molecule has 4 heteroatoms. The first kappa shape index (κ1) is 12.4. The van der Waals surface area contributed by atoms with Crippen LogP contribution in [0.3, 0.4) is 0 Å². The van der Waals surface area contributed by atoms with Crippen LogP contribution in [0.1, 0.15) is 20.3 Å². The molecule has 0 unspecified atom stereocenters. The summed E-state index contributed by atoms with van der Waals surface area (Å²) in [6.45, 7) is 4.71. The van der Waals surface area contributed by atoms with Gasteiger partial charge in [-0.1, -0.05) is 29.8 Å². The van der Waals surface area contributed by atoms with E-state index in [9.17, 15) is 8.78 Å². The van der Waals surface area contributed by atoms with Crippen molar-refractivity contribution in [3.8, 4) is 0 Å². The van der Waals surface area contributed by atoms with Crippen molar-refractivity contribution in [2.45, 2.75) is 20.3 Å². The van der Waals surface area contributed by atoms with Crippen LogP contribution in [0.4, 0.5) is 14.5 Å². The Hall–Kier alpha value is -0.640. The van der Waals surface area contributed by atoms with E-state index in [1.807, 2.05) is 0 Å². The van der Waals surface area contributed by atoms with Gasteiger partial charge in [0.25, 0.3) is 0 Å². The SMILES string of the molecule is CC(C)CCNc1c(F)cc(Br)cc1F. The third kappa shape index (κ3) is 3.78. The quantitative estimate of drug-likeness (QED) is 0.871. The molecule has 0 saturated carbocycles. The number of benzene rings is 1. The molecule has 0 atom stereocenters. The van der Waals surface area contributed by atoms with Gasteiger partial charge in [0.05, 0.1) is 0 Å². The zero-order chi connectivity index (χ0) is 11.4. The lowest BCUT2D eigenvalue weighted by molar-refractivity contribution is 0.575. The number of hydrogen-bond acceptors (Lipinski definition) is 1. The van der Waals surface area contributed by atoms with Gasteiger partial charge in [-0.3, -0.25) is 0 Å². The van der Waals surface area contributed by atoms with Crippen LogP contribution in [0.5, 0.6) is 0 Å². The van der Waals surface area contributed by atoms with Crippen molar-refractivity contribution in [3.05, 3.63) is 28.2 Å². The standard InChI is InChI=1S/C11H14BrF2N/c1-7(2)3-4-15-11-9(13)5-8(12)6-10(11)14/h5-7,15H,3-4H2,1-2H3. The summed E-state index contributed by atoms with van der Waals surface area (Å²) in [5.74, 6) is -0.615. The lowest BCUT2D eigenvalue weighted by Crippen LogP contribution is -2.08. The monoisotopic (exact) mass is 277 g/mol. The molecule has 1 N–H and O–H groups in total. The second kappa shape index (κ2) is 5.45. The average molecular weight is 278 g/mol. The normalized spacial score (nSPS) is 10.8. The highest BCUT2D eigenvalue weighted by atomic mass is 79.9. The van der Waals surface area contributed by atoms with E-state index in [0.717, 1.165) is 6.42 Å². The van der Waals surface area contributed by atoms with Crippen molar-refractivity contribution in [2.24, 2.45) is 5.92 Å². The van der Waals surface area contributed by atoms with Crippen LogP contribution in [-0.2, 0) is 0 Å². The van der Waals surface area contributed by atoms with Crippen LogP contribution >= 0.6 is 15.9 Å². The zero-order valence-electron chi connectivity index (χ0n) is 8.78. The molecule has 1 rings (SSSR count). The van der Waals surface area contributed by atoms with Crippen LogP contribution in [0, 0.1) is 17.6 Å². The molecule has 0 fully saturated rings. The summed E-state index contributed by atoms with van der Waals surface area (Å²) in [6.07, 6.45) is 0.884. The molecule has 1 aromatic carbocycles. The summed E-state index contributed by atoms with van der Waals surface area (Å²) in [7, 11) is 0. The molecule has 0 aromatic heterocycles. The van der Waals surface area contributed by atoms with Crippen molar-refractivity contribution in [1.29, 1.82) is 0 Å². The summed E-state index contributed by atoms with van der Waals surface area (Å²) in [5, 5.41) is 2.77. The van der Waals surface area contributed by atoms with Crippen molar-refractivity contribution < 1.29 is 8.78 Å². The highest BCUT2D eigenvalue weighted by molar-refractivity contribution is 9.10. The minimum atomic E-state index is -0.564. The van der Waals surface area contributed by atoms with E-state index >= 15 is 0 Å². The van der Waals surface area contributed by atoms with E-state index in [4.69, 9.17) is 0 Å². The first-order valence-corrected chi connectivity index (χ1v) is 5.68. The molecule has 0 spiro atoms. The van der Waals surface area contributed by atoms with Crippen LogP contribution in [-0.4, -0.2) is 6.54 Å². The number of halogens is 3. The van der Waals surface area contributed by atoms with E-state index in [-0.39, 0.29) is 5.69 Å². The molecule has 0 radical (unpaired) electrons. The maximum atomic E-state index is 13.3. The number of hydrogen-bond donors (Lipinski definition) is 1. The Labute approximate surface area is 97.0 Å². The van der Waals surface area contributed by atoms with Crippen molar-refractivity contribution in [2.75, 3.05) is 11.9 Å². The number of rotatable bonds is 4. The van der Waals surface area contributed by atoms with Crippen LogP contribution in [0.15, 0.2) is 16.6 Å². The third-order valence-electron chi connectivity index (χ3n) is 2.03. The molecule has 0 saturated heterocycles. The first-order chi connectivity index (χ1) is 7.00. The Bertz CT molecular complexity index is 316. The fourth-order valence-corrected chi connectivity index (χ4v) is 1.60. The van der Waals surface area contributed by atoms with Gasteiger partial charge < -0.3 is 5.32 Å². The molecule has 0 aliphatic heterocycles. The van der Waals surface area contributed by atoms with Gasteiger partial charge in [-0.05, 0) is 24.5 Å². The van der Waals surface area contributed by atoms with Gasteiger partial charge in [0.15, 0.2) is 0 Å². The van der Waals surface area contributed by atoms with Gasteiger partial charge in [-0.2, -0.15) is 0 Å². The highest BCUT2D eigenvalue weighted by Crippen LogP contribution is 2.23.